The number of para-hydroxylation sites is 1. The Morgan fingerprint density at radius 1 is 0.875 bits per heavy atom. The van der Waals surface area contributed by atoms with Crippen molar-refractivity contribution >= 4 is 69.9 Å². The molecule has 2 heterocycles. The molecule has 2 N–H and O–H groups in total. The van der Waals surface area contributed by atoms with Gasteiger partial charge in [-0.3, -0.25) is 0 Å². The number of hydrogen-bond acceptors (Lipinski definition) is 10. The van der Waals surface area contributed by atoms with E-state index in [2.05, 4.69) is 60.3 Å². The van der Waals surface area contributed by atoms with E-state index < -0.39 is 23.4 Å². The maximum Gasteiger partial charge on any atom is 0.347 e. The second-order valence-electron chi connectivity index (χ2n) is 11.4. The van der Waals surface area contributed by atoms with Gasteiger partial charge < -0.3 is 34.2 Å². The fraction of sp³-hybridized carbons (Fsp3) is 0.257. The van der Waals surface area contributed by atoms with Crippen LogP contribution >= 0.6 is 46.6 Å². The van der Waals surface area contributed by atoms with Crippen LogP contribution in [0.5, 0.6) is 28.7 Å². The minimum Gasteiger partial charge on any atom is -0.507 e. The van der Waals surface area contributed by atoms with Crippen LogP contribution in [-0.2, 0) is 4.74 Å². The molecule has 0 atom stereocenters. The first-order valence-corrected chi connectivity index (χ1v) is 16.7. The fourth-order valence-electron chi connectivity index (χ4n) is 5.47. The predicted molar refractivity (Wildman–Crippen MR) is 189 cm³/mol. The van der Waals surface area contributed by atoms with Gasteiger partial charge in [0.2, 0.25) is 0 Å². The van der Waals surface area contributed by atoms with E-state index in [-0.39, 0.29) is 55.1 Å². The molecule has 13 heteroatoms. The highest BCUT2D eigenvalue weighted by Gasteiger charge is 2.35. The maximum atomic E-state index is 12.7. The van der Waals surface area contributed by atoms with E-state index in [0.29, 0.717) is 0 Å². The van der Waals surface area contributed by atoms with Crippen LogP contribution < -0.4 is 14.4 Å². The maximum absolute atomic E-state index is 12.7. The summed E-state index contributed by atoms with van der Waals surface area (Å²) in [5.41, 5.74) is 2.78. The van der Waals surface area contributed by atoms with Gasteiger partial charge in [-0.1, -0.05) is 58.7 Å². The van der Waals surface area contributed by atoms with Gasteiger partial charge in [0.15, 0.2) is 23.0 Å². The molecule has 4 aromatic rings. The Balaban J connectivity index is 0.000000194. The minimum atomic E-state index is -0.835. The molecule has 0 saturated carbocycles. The molecular formula is C35H33Cl3N2O7S. The number of carbonyl (C=O) groups is 2. The number of esters is 2. The van der Waals surface area contributed by atoms with Crippen LogP contribution in [0.25, 0.3) is 0 Å². The fourth-order valence-corrected chi connectivity index (χ4v) is 7.18. The number of fused-ring (bicyclic) bond motifs is 4. The average molecular weight is 732 g/mol. The van der Waals surface area contributed by atoms with Crippen molar-refractivity contribution in [3.05, 3.63) is 85.3 Å². The topological polar surface area (TPSA) is 109 Å². The number of rotatable bonds is 5. The van der Waals surface area contributed by atoms with Crippen molar-refractivity contribution in [2.75, 3.05) is 39.2 Å². The van der Waals surface area contributed by atoms with Crippen molar-refractivity contribution in [2.24, 2.45) is 0 Å². The van der Waals surface area contributed by atoms with Crippen molar-refractivity contribution in [3.63, 3.8) is 0 Å². The number of methoxy groups -OCH3 is 1. The summed E-state index contributed by atoms with van der Waals surface area (Å²) in [6.07, 6.45) is 1.12. The standard InChI is InChI=1S/C18H14Cl2O7.C17H19ClN2S/c1-5-9-16(11(20)13(22)10(5)19)26-14-6(2)8(17(23)25-4)12(21)7(3)15(14)27-18(9)24;1-19(2)10-5-11-20-14-6-3-4-7-16(14)21-17-9-8-13(18)12-15(17)20/h21-22H,1-4H3;3-4,6-9,12H,5,10-11H2,1-2H3. The lowest BCUT2D eigenvalue weighted by atomic mass is 10.0. The predicted octanol–water partition coefficient (Wildman–Crippen LogP) is 9.34. The molecule has 0 fully saturated rings. The van der Waals surface area contributed by atoms with Gasteiger partial charge >= 0.3 is 11.9 Å². The molecule has 48 heavy (non-hydrogen) atoms. The van der Waals surface area contributed by atoms with E-state index in [4.69, 9.17) is 49.0 Å². The molecule has 0 spiro atoms. The Morgan fingerprint density at radius 2 is 1.54 bits per heavy atom. The number of phenolic OH excluding ortho intramolecular Hbond substituents is 2. The van der Waals surface area contributed by atoms with E-state index in [0.717, 1.165) is 24.5 Å². The molecule has 0 bridgehead atoms. The SMILES string of the molecule is CN(C)CCCN1c2ccccc2Sc2ccc(Cl)cc21.COC(=O)c1c(C)c2c(c(C)c1O)OC(=O)c1c(C)c(Cl)c(O)c(Cl)c1O2. The Labute approximate surface area is 297 Å². The number of halogens is 3. The Kier molecular flexibility index (Phi) is 10.6. The van der Waals surface area contributed by atoms with Gasteiger partial charge in [0.25, 0.3) is 0 Å². The molecule has 0 unspecified atom stereocenters. The molecule has 0 radical (unpaired) electrons. The van der Waals surface area contributed by atoms with Gasteiger partial charge in [-0.15, -0.1) is 0 Å². The average Bonchev–Trinajstić information content (AvgIpc) is 3.22. The van der Waals surface area contributed by atoms with Crippen LogP contribution in [0.3, 0.4) is 0 Å². The smallest absolute Gasteiger partial charge is 0.347 e. The molecule has 252 valence electrons. The molecule has 0 saturated heterocycles. The third kappa shape index (κ3) is 6.60. The zero-order valence-corrected chi connectivity index (χ0v) is 30.1. The molecule has 0 aromatic heterocycles. The third-order valence-electron chi connectivity index (χ3n) is 7.97. The molecule has 2 aliphatic rings. The number of anilines is 2. The largest absolute Gasteiger partial charge is 0.507 e. The van der Waals surface area contributed by atoms with Crippen molar-refractivity contribution in [1.82, 2.24) is 4.90 Å². The van der Waals surface area contributed by atoms with Gasteiger partial charge in [-0.25, -0.2) is 9.59 Å². The van der Waals surface area contributed by atoms with E-state index in [1.54, 1.807) is 0 Å². The van der Waals surface area contributed by atoms with Crippen LogP contribution in [0.2, 0.25) is 15.1 Å². The van der Waals surface area contributed by atoms with Crippen LogP contribution in [0, 0.1) is 20.8 Å². The summed E-state index contributed by atoms with van der Waals surface area (Å²) in [6.45, 7) is 6.52. The first-order valence-electron chi connectivity index (χ1n) is 14.8. The summed E-state index contributed by atoms with van der Waals surface area (Å²) in [5, 5.41) is 20.9. The van der Waals surface area contributed by atoms with Gasteiger partial charge in [0.05, 0.1) is 23.5 Å². The summed E-state index contributed by atoms with van der Waals surface area (Å²) in [5.74, 6) is -2.74. The summed E-state index contributed by atoms with van der Waals surface area (Å²) in [6, 6.07) is 14.8. The first-order chi connectivity index (χ1) is 22.8. The van der Waals surface area contributed by atoms with Crippen LogP contribution in [0.4, 0.5) is 11.4 Å². The number of carbonyl (C=O) groups excluding carboxylic acids is 2. The molecule has 4 aromatic carbocycles. The summed E-state index contributed by atoms with van der Waals surface area (Å²) < 4.78 is 15.9. The van der Waals surface area contributed by atoms with E-state index in [1.807, 2.05) is 17.8 Å². The highest BCUT2D eigenvalue weighted by atomic mass is 35.5. The Bertz CT molecular complexity index is 1950. The molecule has 2 aliphatic heterocycles. The number of nitrogens with zero attached hydrogens (tertiary/aromatic N) is 2. The quantitative estimate of drug-likeness (QED) is 0.152. The van der Waals surface area contributed by atoms with Crippen molar-refractivity contribution in [2.45, 2.75) is 37.0 Å². The monoisotopic (exact) mass is 730 g/mol. The van der Waals surface area contributed by atoms with Crippen LogP contribution in [0.15, 0.2) is 52.3 Å². The summed E-state index contributed by atoms with van der Waals surface area (Å²) in [7, 11) is 5.40. The molecular weight excluding hydrogens is 699 g/mol. The molecule has 0 amide bonds. The lowest BCUT2D eigenvalue weighted by Gasteiger charge is -2.33. The highest BCUT2D eigenvalue weighted by Crippen LogP contribution is 2.53. The van der Waals surface area contributed by atoms with Gasteiger partial charge in [0, 0.05) is 32.5 Å². The van der Waals surface area contributed by atoms with Crippen LogP contribution in [-0.4, -0.2) is 61.3 Å². The number of hydrogen-bond donors (Lipinski definition) is 2. The van der Waals surface area contributed by atoms with E-state index in [9.17, 15) is 19.8 Å². The van der Waals surface area contributed by atoms with Crippen LogP contribution in [0.1, 0.15) is 43.8 Å². The lowest BCUT2D eigenvalue weighted by Crippen LogP contribution is -2.25. The minimum absolute atomic E-state index is 0.0131. The highest BCUT2D eigenvalue weighted by molar-refractivity contribution is 7.99. The van der Waals surface area contributed by atoms with Gasteiger partial charge in [-0.05, 0) is 83.7 Å². The Morgan fingerprint density at radius 3 is 2.23 bits per heavy atom. The molecule has 9 nitrogen and oxygen atoms in total. The zero-order chi connectivity index (χ0) is 35.0. The summed E-state index contributed by atoms with van der Waals surface area (Å²) in [4.78, 5) is 32.0. The first kappa shape index (κ1) is 35.5. The van der Waals surface area contributed by atoms with Gasteiger partial charge in [0.1, 0.15) is 21.9 Å². The molecule has 0 aliphatic carbocycles. The number of benzene rings is 4. The zero-order valence-electron chi connectivity index (χ0n) is 27.0. The second-order valence-corrected chi connectivity index (χ2v) is 13.7. The van der Waals surface area contributed by atoms with Crippen molar-refractivity contribution in [3.8, 4) is 28.7 Å². The van der Waals surface area contributed by atoms with Crippen molar-refractivity contribution in [1.29, 1.82) is 0 Å². The van der Waals surface area contributed by atoms with Gasteiger partial charge in [-0.2, -0.15) is 0 Å². The Hall–Kier alpha value is -3.80. The third-order valence-corrected chi connectivity index (χ3v) is 10.1. The van der Waals surface area contributed by atoms with E-state index >= 15 is 0 Å². The van der Waals surface area contributed by atoms with E-state index in [1.165, 1.54) is 49.0 Å². The van der Waals surface area contributed by atoms with Crippen molar-refractivity contribution < 1.29 is 34.0 Å². The number of aromatic hydroxyl groups is 2. The summed E-state index contributed by atoms with van der Waals surface area (Å²) >= 11 is 20.2. The number of ether oxygens (including phenoxy) is 3. The second kappa shape index (κ2) is 14.4. The number of phenols is 2. The normalized spacial score (nSPS) is 12.8. The lowest BCUT2D eigenvalue weighted by molar-refractivity contribution is 0.0596. The molecule has 6 rings (SSSR count).